The minimum Gasteiger partial charge on any atom is -0.330 e. The Balaban J connectivity index is 1.61. The molecule has 0 radical (unpaired) electrons. The maximum atomic E-state index is 14.3. The van der Waals surface area contributed by atoms with Crippen LogP contribution in [0.2, 0.25) is 0 Å². The predicted molar refractivity (Wildman–Crippen MR) is 137 cm³/mol. The number of nitrogens with zero attached hydrogens (tertiary/aromatic N) is 2. The van der Waals surface area contributed by atoms with Gasteiger partial charge in [0.05, 0.1) is 30.0 Å². The van der Waals surface area contributed by atoms with Gasteiger partial charge >= 0.3 is 0 Å². The fourth-order valence-corrected chi connectivity index (χ4v) is 4.76. The molecule has 1 heterocycles. The van der Waals surface area contributed by atoms with E-state index in [4.69, 9.17) is 0 Å². The van der Waals surface area contributed by atoms with Crippen LogP contribution in [0.4, 0.5) is 8.78 Å². The number of hydrogen-bond acceptors (Lipinski definition) is 4. The van der Waals surface area contributed by atoms with E-state index in [1.807, 2.05) is 12.5 Å². The SMILES string of the molecule is CCC[C@H](N[C@H]1CCc2cc(F)cc(F)c2C1)C(=O)Cc1cn(C(C)(C)CNCC(C)(C)C)cn1. The number of ketones is 1. The van der Waals surface area contributed by atoms with E-state index in [2.05, 4.69) is 61.7 Å². The first-order valence-electron chi connectivity index (χ1n) is 12.9. The van der Waals surface area contributed by atoms with Crippen LogP contribution in [0.1, 0.15) is 77.6 Å². The van der Waals surface area contributed by atoms with E-state index in [-0.39, 0.29) is 35.2 Å². The van der Waals surface area contributed by atoms with Gasteiger partial charge in [-0.3, -0.25) is 4.79 Å². The lowest BCUT2D eigenvalue weighted by atomic mass is 9.87. The van der Waals surface area contributed by atoms with Gasteiger partial charge in [-0.1, -0.05) is 34.1 Å². The number of halogens is 2. The van der Waals surface area contributed by atoms with Crippen LogP contribution in [-0.2, 0) is 29.6 Å². The van der Waals surface area contributed by atoms with Crippen molar-refractivity contribution < 1.29 is 13.6 Å². The highest BCUT2D eigenvalue weighted by molar-refractivity contribution is 5.85. The van der Waals surface area contributed by atoms with Crippen molar-refractivity contribution in [3.8, 4) is 0 Å². The lowest BCUT2D eigenvalue weighted by Gasteiger charge is -2.30. The highest BCUT2D eigenvalue weighted by Gasteiger charge is 2.28. The van der Waals surface area contributed by atoms with Crippen LogP contribution in [0.15, 0.2) is 24.7 Å². The second-order valence-electron chi connectivity index (χ2n) is 11.9. The molecular weight excluding hydrogens is 446 g/mol. The Morgan fingerprint density at radius 1 is 1.20 bits per heavy atom. The molecule has 0 saturated heterocycles. The van der Waals surface area contributed by atoms with Gasteiger partial charge in [0, 0.05) is 31.4 Å². The van der Waals surface area contributed by atoms with Gasteiger partial charge in [0.2, 0.25) is 0 Å². The summed E-state index contributed by atoms with van der Waals surface area (Å²) in [5.41, 5.74) is 2.12. The van der Waals surface area contributed by atoms with Gasteiger partial charge in [0.1, 0.15) is 11.6 Å². The fourth-order valence-electron chi connectivity index (χ4n) is 4.76. The zero-order valence-corrected chi connectivity index (χ0v) is 22.2. The number of nitrogens with one attached hydrogen (secondary N) is 2. The molecule has 0 fully saturated rings. The fraction of sp³-hybridized carbons (Fsp3) is 0.643. The van der Waals surface area contributed by atoms with Gasteiger partial charge in [-0.25, -0.2) is 13.8 Å². The number of Topliss-reactive ketones (excluding diaryl/α,β-unsaturated/α-hetero) is 1. The van der Waals surface area contributed by atoms with Crippen LogP contribution in [-0.4, -0.2) is 40.5 Å². The molecule has 0 bridgehead atoms. The van der Waals surface area contributed by atoms with Crippen molar-refractivity contribution >= 4 is 5.78 Å². The van der Waals surface area contributed by atoms with Crippen molar-refractivity contribution in [2.45, 2.75) is 97.7 Å². The Morgan fingerprint density at radius 3 is 2.63 bits per heavy atom. The number of aromatic nitrogens is 2. The van der Waals surface area contributed by atoms with Crippen LogP contribution < -0.4 is 10.6 Å². The number of aryl methyl sites for hydroxylation is 1. The quantitative estimate of drug-likeness (QED) is 0.469. The molecule has 2 atom stereocenters. The molecular formula is C28H42F2N4O. The van der Waals surface area contributed by atoms with Crippen molar-refractivity contribution in [1.29, 1.82) is 0 Å². The second-order valence-corrected chi connectivity index (χ2v) is 11.9. The van der Waals surface area contributed by atoms with E-state index in [9.17, 15) is 13.6 Å². The molecule has 1 aliphatic rings. The Hall–Kier alpha value is -2.12. The van der Waals surface area contributed by atoms with Crippen LogP contribution in [0.3, 0.4) is 0 Å². The molecule has 0 aliphatic heterocycles. The topological polar surface area (TPSA) is 59.0 Å². The monoisotopic (exact) mass is 488 g/mol. The van der Waals surface area contributed by atoms with Gasteiger partial charge < -0.3 is 15.2 Å². The minimum absolute atomic E-state index is 0.00616. The van der Waals surface area contributed by atoms with Gasteiger partial charge in [0.25, 0.3) is 0 Å². The third-order valence-corrected chi connectivity index (χ3v) is 6.77. The number of carbonyl (C=O) groups excluding carboxylic acids is 1. The van der Waals surface area contributed by atoms with Crippen molar-refractivity contribution in [3.63, 3.8) is 0 Å². The molecule has 1 aromatic heterocycles. The lowest BCUT2D eigenvalue weighted by molar-refractivity contribution is -0.120. The Kier molecular flexibility index (Phi) is 8.86. The Morgan fingerprint density at radius 2 is 1.94 bits per heavy atom. The maximum Gasteiger partial charge on any atom is 0.155 e. The van der Waals surface area contributed by atoms with Crippen molar-refractivity contribution in [1.82, 2.24) is 20.2 Å². The standard InChI is InChI=1S/C28H42F2N4O/c1-7-8-25(33-21-10-9-19-11-20(29)12-24(30)23(19)13-21)26(35)14-22-15-34(18-32-22)28(5,6)17-31-16-27(2,3)4/h11-12,15,18,21,25,31,33H,7-10,13-14,16-17H2,1-6H3/t21-,25-/m0/s1. The summed E-state index contributed by atoms with van der Waals surface area (Å²) in [6, 6.07) is 2.07. The van der Waals surface area contributed by atoms with Crippen molar-refractivity contribution in [2.75, 3.05) is 13.1 Å². The molecule has 1 aliphatic carbocycles. The van der Waals surface area contributed by atoms with Crippen LogP contribution >= 0.6 is 0 Å². The molecule has 0 saturated carbocycles. The number of fused-ring (bicyclic) bond motifs is 1. The summed E-state index contributed by atoms with van der Waals surface area (Å²) in [6.07, 6.45) is 7.47. The highest BCUT2D eigenvalue weighted by atomic mass is 19.1. The molecule has 2 N–H and O–H groups in total. The minimum atomic E-state index is -0.528. The average molecular weight is 489 g/mol. The molecule has 3 rings (SSSR count). The number of carbonyl (C=O) groups is 1. The van der Waals surface area contributed by atoms with Crippen molar-refractivity contribution in [3.05, 3.63) is 53.1 Å². The van der Waals surface area contributed by atoms with Gasteiger partial charge in [-0.05, 0) is 62.1 Å². The zero-order valence-electron chi connectivity index (χ0n) is 22.2. The number of rotatable bonds is 11. The highest BCUT2D eigenvalue weighted by Crippen LogP contribution is 2.26. The van der Waals surface area contributed by atoms with Crippen LogP contribution in [0, 0.1) is 17.0 Å². The van der Waals surface area contributed by atoms with Gasteiger partial charge in [-0.15, -0.1) is 0 Å². The van der Waals surface area contributed by atoms with E-state index < -0.39 is 11.6 Å². The average Bonchev–Trinajstić information content (AvgIpc) is 3.22. The predicted octanol–water partition coefficient (Wildman–Crippen LogP) is 4.96. The third kappa shape index (κ3) is 7.68. The van der Waals surface area contributed by atoms with Crippen LogP contribution in [0.5, 0.6) is 0 Å². The Bertz CT molecular complexity index is 1010. The van der Waals surface area contributed by atoms with Gasteiger partial charge in [0.15, 0.2) is 5.78 Å². The van der Waals surface area contributed by atoms with Crippen molar-refractivity contribution in [2.24, 2.45) is 5.41 Å². The third-order valence-electron chi connectivity index (χ3n) is 6.77. The molecule has 35 heavy (non-hydrogen) atoms. The van der Waals surface area contributed by atoms with E-state index in [1.165, 1.54) is 6.07 Å². The first-order valence-corrected chi connectivity index (χ1v) is 12.9. The Labute approximate surface area is 209 Å². The second kappa shape index (κ2) is 11.3. The summed E-state index contributed by atoms with van der Waals surface area (Å²) in [4.78, 5) is 17.7. The molecule has 0 amide bonds. The number of imidazole rings is 1. The van der Waals surface area contributed by atoms with E-state index >= 15 is 0 Å². The first-order chi connectivity index (χ1) is 16.4. The molecule has 7 heteroatoms. The molecule has 0 spiro atoms. The van der Waals surface area contributed by atoms with E-state index in [0.717, 1.165) is 49.7 Å². The largest absolute Gasteiger partial charge is 0.330 e. The summed E-state index contributed by atoms with van der Waals surface area (Å²) in [5.74, 6) is -0.916. The normalized spacial score (nSPS) is 17.3. The molecule has 2 aromatic rings. The summed E-state index contributed by atoms with van der Waals surface area (Å²) >= 11 is 0. The summed E-state index contributed by atoms with van der Waals surface area (Å²) in [7, 11) is 0. The molecule has 194 valence electrons. The molecule has 5 nitrogen and oxygen atoms in total. The molecule has 0 unspecified atom stereocenters. The molecule has 1 aromatic carbocycles. The number of benzene rings is 1. The lowest BCUT2D eigenvalue weighted by Crippen LogP contribution is -2.46. The summed E-state index contributed by atoms with van der Waals surface area (Å²) < 4.78 is 29.9. The first kappa shape index (κ1) is 27.5. The van der Waals surface area contributed by atoms with Gasteiger partial charge in [-0.2, -0.15) is 0 Å². The summed E-state index contributed by atoms with van der Waals surface area (Å²) in [5, 5.41) is 7.02. The maximum absolute atomic E-state index is 14.3. The van der Waals surface area contributed by atoms with Crippen LogP contribution in [0.25, 0.3) is 0 Å². The smallest absolute Gasteiger partial charge is 0.155 e. The number of hydrogen-bond donors (Lipinski definition) is 2. The summed E-state index contributed by atoms with van der Waals surface area (Å²) in [6.45, 7) is 14.7. The van der Waals surface area contributed by atoms with E-state index in [1.54, 1.807) is 0 Å². The van der Waals surface area contributed by atoms with E-state index in [0.29, 0.717) is 18.4 Å². The zero-order chi connectivity index (χ0) is 25.8.